The van der Waals surface area contributed by atoms with Crippen molar-refractivity contribution >= 4 is 5.96 Å². The van der Waals surface area contributed by atoms with E-state index in [1.54, 1.807) is 0 Å². The van der Waals surface area contributed by atoms with Gasteiger partial charge in [0.05, 0.1) is 19.8 Å². The monoisotopic (exact) mass is 298 g/mol. The van der Waals surface area contributed by atoms with Gasteiger partial charge >= 0.3 is 0 Å². The van der Waals surface area contributed by atoms with E-state index in [4.69, 9.17) is 10.5 Å². The Bertz CT molecular complexity index is 299. The number of guanidine groups is 1. The molecule has 1 atom stereocenters. The summed E-state index contributed by atoms with van der Waals surface area (Å²) in [6.07, 6.45) is 2.28. The third-order valence-electron chi connectivity index (χ3n) is 3.81. The van der Waals surface area contributed by atoms with Crippen LogP contribution in [0.1, 0.15) is 40.5 Å². The van der Waals surface area contributed by atoms with Crippen LogP contribution in [0.2, 0.25) is 0 Å². The van der Waals surface area contributed by atoms with Crippen LogP contribution in [0.25, 0.3) is 0 Å². The summed E-state index contributed by atoms with van der Waals surface area (Å²) in [5.41, 5.74) is 5.96. The normalized spacial score (nSPS) is 19.2. The second kappa shape index (κ2) is 10.0. The highest BCUT2D eigenvalue weighted by Gasteiger charge is 2.21. The van der Waals surface area contributed by atoms with E-state index in [1.165, 1.54) is 0 Å². The molecule has 0 aromatic rings. The fraction of sp³-hybridized carbons (Fsp3) is 0.938. The second-order valence-corrected chi connectivity index (χ2v) is 6.77. The van der Waals surface area contributed by atoms with Crippen molar-refractivity contribution < 1.29 is 4.74 Å². The van der Waals surface area contributed by atoms with Gasteiger partial charge in [-0.25, -0.2) is 0 Å². The molecule has 5 heteroatoms. The second-order valence-electron chi connectivity index (χ2n) is 6.77. The Morgan fingerprint density at radius 3 is 2.43 bits per heavy atom. The molecule has 1 aliphatic rings. The maximum absolute atomic E-state index is 5.96. The van der Waals surface area contributed by atoms with Crippen molar-refractivity contribution in [2.45, 2.75) is 46.6 Å². The Kier molecular flexibility index (Phi) is 8.69. The lowest BCUT2D eigenvalue weighted by Gasteiger charge is -2.34. The number of hydrogen-bond acceptors (Lipinski definition) is 3. The Labute approximate surface area is 130 Å². The number of rotatable bonds is 8. The van der Waals surface area contributed by atoms with E-state index in [1.807, 2.05) is 0 Å². The van der Waals surface area contributed by atoms with Gasteiger partial charge in [0.25, 0.3) is 0 Å². The molecule has 5 nitrogen and oxygen atoms in total. The first kappa shape index (κ1) is 18.2. The molecule has 0 amide bonds. The van der Waals surface area contributed by atoms with Crippen LogP contribution in [0.15, 0.2) is 4.99 Å². The van der Waals surface area contributed by atoms with Crippen LogP contribution in [0.3, 0.4) is 0 Å². The highest BCUT2D eigenvalue weighted by Crippen LogP contribution is 2.13. The Morgan fingerprint density at radius 1 is 1.19 bits per heavy atom. The zero-order valence-corrected chi connectivity index (χ0v) is 14.3. The van der Waals surface area contributed by atoms with Gasteiger partial charge in [0.15, 0.2) is 5.96 Å². The van der Waals surface area contributed by atoms with Crippen molar-refractivity contribution in [3.05, 3.63) is 0 Å². The standard InChI is InChI=1S/C16H34N4O/c1-13(2)5-6-18-16(17)19-12-15(11-14(3)4)20-7-9-21-10-8-20/h13-15H,5-12H2,1-4H3,(H3,17,18,19). The summed E-state index contributed by atoms with van der Waals surface area (Å²) in [6, 6.07) is 0.472. The maximum Gasteiger partial charge on any atom is 0.188 e. The molecule has 0 aliphatic carbocycles. The fourth-order valence-corrected chi connectivity index (χ4v) is 2.57. The molecule has 1 fully saturated rings. The molecular formula is C16H34N4O. The Morgan fingerprint density at radius 2 is 1.86 bits per heavy atom. The molecule has 1 aliphatic heterocycles. The van der Waals surface area contributed by atoms with Crippen LogP contribution in [0.5, 0.6) is 0 Å². The average Bonchev–Trinajstić information content (AvgIpc) is 2.43. The summed E-state index contributed by atoms with van der Waals surface area (Å²) < 4.78 is 5.44. The van der Waals surface area contributed by atoms with E-state index >= 15 is 0 Å². The van der Waals surface area contributed by atoms with Gasteiger partial charge in [-0.05, 0) is 24.7 Å². The molecule has 124 valence electrons. The van der Waals surface area contributed by atoms with Crippen molar-refractivity contribution in [3.63, 3.8) is 0 Å². The molecule has 21 heavy (non-hydrogen) atoms. The van der Waals surface area contributed by atoms with Crippen LogP contribution < -0.4 is 11.1 Å². The Balaban J connectivity index is 2.43. The summed E-state index contributed by atoms with van der Waals surface area (Å²) in [4.78, 5) is 7.04. The lowest BCUT2D eigenvalue weighted by atomic mass is 10.0. The smallest absolute Gasteiger partial charge is 0.188 e. The van der Waals surface area contributed by atoms with Crippen molar-refractivity contribution in [3.8, 4) is 0 Å². The zero-order valence-electron chi connectivity index (χ0n) is 14.3. The van der Waals surface area contributed by atoms with Crippen LogP contribution in [-0.2, 0) is 4.74 Å². The lowest BCUT2D eigenvalue weighted by molar-refractivity contribution is 0.0143. The third-order valence-corrected chi connectivity index (χ3v) is 3.81. The van der Waals surface area contributed by atoms with E-state index in [-0.39, 0.29) is 0 Å². The van der Waals surface area contributed by atoms with Gasteiger partial charge in [0.1, 0.15) is 0 Å². The van der Waals surface area contributed by atoms with Gasteiger partial charge in [0.2, 0.25) is 0 Å². The van der Waals surface area contributed by atoms with Crippen molar-refractivity contribution in [1.82, 2.24) is 10.2 Å². The quantitative estimate of drug-likeness (QED) is 0.529. The van der Waals surface area contributed by atoms with Gasteiger partial charge in [-0.1, -0.05) is 27.7 Å². The number of ether oxygens (including phenoxy) is 1. The predicted molar refractivity (Wildman–Crippen MR) is 89.6 cm³/mol. The molecule has 0 aromatic carbocycles. The topological polar surface area (TPSA) is 62.9 Å². The van der Waals surface area contributed by atoms with Crippen molar-refractivity contribution in [1.29, 1.82) is 0 Å². The molecule has 0 radical (unpaired) electrons. The van der Waals surface area contributed by atoms with Gasteiger partial charge in [0, 0.05) is 25.7 Å². The molecule has 0 saturated carbocycles. The molecule has 3 N–H and O–H groups in total. The van der Waals surface area contributed by atoms with E-state index in [0.29, 0.717) is 23.8 Å². The zero-order chi connectivity index (χ0) is 15.7. The maximum atomic E-state index is 5.96. The SMILES string of the molecule is CC(C)CCNC(N)=NCC(CC(C)C)N1CCOCC1. The summed E-state index contributed by atoms with van der Waals surface area (Å²) in [6.45, 7) is 14.3. The first-order chi connectivity index (χ1) is 9.99. The molecule has 1 heterocycles. The minimum absolute atomic E-state index is 0.472. The number of nitrogens with one attached hydrogen (secondary N) is 1. The summed E-state index contributed by atoms with van der Waals surface area (Å²) >= 11 is 0. The average molecular weight is 298 g/mol. The van der Waals surface area contributed by atoms with Crippen LogP contribution in [-0.4, -0.2) is 56.3 Å². The van der Waals surface area contributed by atoms with E-state index in [2.05, 4.69) is 42.9 Å². The van der Waals surface area contributed by atoms with Gasteiger partial charge in [-0.3, -0.25) is 9.89 Å². The molecule has 0 bridgehead atoms. The van der Waals surface area contributed by atoms with E-state index in [0.717, 1.165) is 52.2 Å². The Hall–Kier alpha value is -0.810. The van der Waals surface area contributed by atoms with Crippen molar-refractivity contribution in [2.75, 3.05) is 39.4 Å². The molecule has 0 spiro atoms. The van der Waals surface area contributed by atoms with Crippen LogP contribution in [0, 0.1) is 11.8 Å². The number of hydrogen-bond donors (Lipinski definition) is 2. The number of aliphatic imine (C=N–C) groups is 1. The highest BCUT2D eigenvalue weighted by molar-refractivity contribution is 5.77. The lowest BCUT2D eigenvalue weighted by Crippen LogP contribution is -2.46. The first-order valence-electron chi connectivity index (χ1n) is 8.34. The van der Waals surface area contributed by atoms with Gasteiger partial charge < -0.3 is 15.8 Å². The number of morpholine rings is 1. The molecular weight excluding hydrogens is 264 g/mol. The van der Waals surface area contributed by atoms with E-state index in [9.17, 15) is 0 Å². The van der Waals surface area contributed by atoms with E-state index < -0.39 is 0 Å². The minimum atomic E-state index is 0.472. The molecule has 1 saturated heterocycles. The van der Waals surface area contributed by atoms with Gasteiger partial charge in [-0.2, -0.15) is 0 Å². The summed E-state index contributed by atoms with van der Waals surface area (Å²) in [5.74, 6) is 1.94. The number of nitrogens with two attached hydrogens (primary N) is 1. The minimum Gasteiger partial charge on any atom is -0.379 e. The highest BCUT2D eigenvalue weighted by atomic mass is 16.5. The summed E-state index contributed by atoms with van der Waals surface area (Å²) in [5, 5.41) is 3.21. The van der Waals surface area contributed by atoms with Crippen LogP contribution >= 0.6 is 0 Å². The van der Waals surface area contributed by atoms with Gasteiger partial charge in [-0.15, -0.1) is 0 Å². The van der Waals surface area contributed by atoms with Crippen LogP contribution in [0.4, 0.5) is 0 Å². The molecule has 1 rings (SSSR count). The first-order valence-corrected chi connectivity index (χ1v) is 8.34. The predicted octanol–water partition coefficient (Wildman–Crippen LogP) is 1.68. The number of nitrogens with zero attached hydrogens (tertiary/aromatic N) is 2. The molecule has 0 aromatic heterocycles. The third kappa shape index (κ3) is 8.27. The fourth-order valence-electron chi connectivity index (χ4n) is 2.57. The largest absolute Gasteiger partial charge is 0.379 e. The molecule has 1 unspecified atom stereocenters. The van der Waals surface area contributed by atoms with Crippen molar-refractivity contribution in [2.24, 2.45) is 22.6 Å². The summed E-state index contributed by atoms with van der Waals surface area (Å²) in [7, 11) is 0.